The van der Waals surface area contributed by atoms with Crippen LogP contribution in [0.4, 0.5) is 5.69 Å². The largest absolute Gasteiger partial charge is 0.481 e. The van der Waals surface area contributed by atoms with Gasteiger partial charge in [0.25, 0.3) is 5.56 Å². The van der Waals surface area contributed by atoms with Crippen molar-refractivity contribution in [3.05, 3.63) is 53.1 Å². The Hall–Kier alpha value is -3.13. The second-order valence-electron chi connectivity index (χ2n) is 8.47. The van der Waals surface area contributed by atoms with Gasteiger partial charge in [-0.1, -0.05) is 6.08 Å². The molecule has 0 unspecified atom stereocenters. The van der Waals surface area contributed by atoms with Gasteiger partial charge >= 0.3 is 0 Å². The zero-order chi connectivity index (χ0) is 22.5. The number of aromatic amines is 1. The van der Waals surface area contributed by atoms with E-state index in [9.17, 15) is 9.59 Å². The summed E-state index contributed by atoms with van der Waals surface area (Å²) in [5.41, 5.74) is 2.39. The van der Waals surface area contributed by atoms with E-state index in [4.69, 9.17) is 4.74 Å². The van der Waals surface area contributed by atoms with Crippen molar-refractivity contribution in [1.82, 2.24) is 20.2 Å². The van der Waals surface area contributed by atoms with Gasteiger partial charge in [0, 0.05) is 62.3 Å². The summed E-state index contributed by atoms with van der Waals surface area (Å²) in [6, 6.07) is 5.84. The van der Waals surface area contributed by atoms with Crippen LogP contribution in [0.15, 0.2) is 47.5 Å². The van der Waals surface area contributed by atoms with Crippen LogP contribution < -0.4 is 20.5 Å². The molecule has 2 aliphatic rings. The molecule has 2 N–H and O–H groups in total. The first-order valence-corrected chi connectivity index (χ1v) is 11.2. The Labute approximate surface area is 188 Å². The summed E-state index contributed by atoms with van der Waals surface area (Å²) in [7, 11) is 3.44. The summed E-state index contributed by atoms with van der Waals surface area (Å²) >= 11 is 0. The Kier molecular flexibility index (Phi) is 6.90. The number of aromatic nitrogens is 2. The van der Waals surface area contributed by atoms with Crippen molar-refractivity contribution in [3.8, 4) is 17.0 Å². The van der Waals surface area contributed by atoms with E-state index in [1.165, 1.54) is 12.8 Å². The summed E-state index contributed by atoms with van der Waals surface area (Å²) in [6.07, 6.45) is 10.1. The topological polar surface area (TPSA) is 90.6 Å². The molecule has 8 heteroatoms. The molecule has 0 aromatic carbocycles. The number of hydrogen-bond donors (Lipinski definition) is 2. The molecule has 170 valence electrons. The smallest absolute Gasteiger partial charge is 0.271 e. The van der Waals surface area contributed by atoms with E-state index in [0.29, 0.717) is 37.1 Å². The van der Waals surface area contributed by atoms with Crippen LogP contribution >= 0.6 is 0 Å². The third kappa shape index (κ3) is 5.19. The lowest BCUT2D eigenvalue weighted by Gasteiger charge is -2.31. The molecular formula is C24H31N5O3. The Morgan fingerprint density at radius 3 is 2.94 bits per heavy atom. The number of nitrogens with zero attached hydrogens (tertiary/aromatic N) is 3. The van der Waals surface area contributed by atoms with Crippen molar-refractivity contribution >= 4 is 11.6 Å². The molecule has 0 bridgehead atoms. The van der Waals surface area contributed by atoms with Gasteiger partial charge in [0.2, 0.25) is 11.8 Å². The maximum absolute atomic E-state index is 12.9. The van der Waals surface area contributed by atoms with Crippen LogP contribution in [0.1, 0.15) is 19.3 Å². The van der Waals surface area contributed by atoms with E-state index < -0.39 is 0 Å². The van der Waals surface area contributed by atoms with E-state index >= 15 is 0 Å². The predicted molar refractivity (Wildman–Crippen MR) is 125 cm³/mol. The molecule has 0 spiro atoms. The minimum Gasteiger partial charge on any atom is -0.481 e. The van der Waals surface area contributed by atoms with Gasteiger partial charge in [-0.05, 0) is 49.9 Å². The SMILES string of the molecule is CNCC=CC(=O)N1CC[C@@H](N(CC2CC2)c2cc(-c3ccnc(OC)c3)c[nH]c2=O)C1. The van der Waals surface area contributed by atoms with Crippen LogP contribution in [0.25, 0.3) is 11.1 Å². The zero-order valence-corrected chi connectivity index (χ0v) is 18.7. The molecule has 2 aromatic heterocycles. The first-order chi connectivity index (χ1) is 15.6. The molecule has 4 rings (SSSR count). The minimum atomic E-state index is -0.103. The average Bonchev–Trinajstić information content (AvgIpc) is 3.51. The molecular weight excluding hydrogens is 406 g/mol. The van der Waals surface area contributed by atoms with Crippen LogP contribution in [0, 0.1) is 5.92 Å². The van der Waals surface area contributed by atoms with Crippen LogP contribution in [-0.2, 0) is 4.79 Å². The molecule has 0 radical (unpaired) electrons. The second kappa shape index (κ2) is 9.99. The van der Waals surface area contributed by atoms with E-state index in [-0.39, 0.29) is 17.5 Å². The van der Waals surface area contributed by atoms with Gasteiger partial charge in [-0.25, -0.2) is 4.98 Å². The number of anilines is 1. The Balaban J connectivity index is 1.58. The number of pyridine rings is 2. The van der Waals surface area contributed by atoms with Gasteiger partial charge in [-0.3, -0.25) is 9.59 Å². The monoisotopic (exact) mass is 437 g/mol. The number of H-pyrrole nitrogens is 1. The number of rotatable bonds is 9. The maximum atomic E-state index is 12.9. The zero-order valence-electron chi connectivity index (χ0n) is 18.7. The van der Waals surface area contributed by atoms with E-state index in [2.05, 4.69) is 20.2 Å². The summed E-state index contributed by atoms with van der Waals surface area (Å²) in [5, 5.41) is 3.01. The number of likely N-dealkylation sites (N-methyl/N-ethyl adjacent to an activating group) is 1. The lowest BCUT2D eigenvalue weighted by Crippen LogP contribution is -2.42. The highest BCUT2D eigenvalue weighted by Crippen LogP contribution is 2.34. The Morgan fingerprint density at radius 2 is 2.19 bits per heavy atom. The van der Waals surface area contributed by atoms with E-state index in [0.717, 1.165) is 24.1 Å². The number of likely N-dealkylation sites (tertiary alicyclic amines) is 1. The highest BCUT2D eigenvalue weighted by atomic mass is 16.5. The van der Waals surface area contributed by atoms with Crippen molar-refractivity contribution in [2.45, 2.75) is 25.3 Å². The Bertz CT molecular complexity index is 1030. The molecule has 1 saturated heterocycles. The quantitative estimate of drug-likeness (QED) is 0.584. The van der Waals surface area contributed by atoms with Crippen molar-refractivity contribution in [2.24, 2.45) is 5.92 Å². The van der Waals surface area contributed by atoms with Gasteiger partial charge in [0.05, 0.1) is 7.11 Å². The fourth-order valence-corrected chi connectivity index (χ4v) is 4.15. The van der Waals surface area contributed by atoms with Gasteiger partial charge in [-0.2, -0.15) is 0 Å². The number of ether oxygens (including phenoxy) is 1. The molecule has 1 aliphatic carbocycles. The fraction of sp³-hybridized carbons (Fsp3) is 0.458. The van der Waals surface area contributed by atoms with E-state index in [1.54, 1.807) is 25.6 Å². The van der Waals surface area contributed by atoms with Gasteiger partial charge in [-0.15, -0.1) is 0 Å². The first-order valence-electron chi connectivity index (χ1n) is 11.2. The number of amides is 1. The van der Waals surface area contributed by atoms with Crippen molar-refractivity contribution in [3.63, 3.8) is 0 Å². The van der Waals surface area contributed by atoms with Gasteiger partial charge in [0.15, 0.2) is 0 Å². The number of nitrogens with one attached hydrogen (secondary N) is 2. The average molecular weight is 438 g/mol. The van der Waals surface area contributed by atoms with Gasteiger partial charge in [0.1, 0.15) is 5.69 Å². The molecule has 1 amide bonds. The Morgan fingerprint density at radius 1 is 1.34 bits per heavy atom. The maximum Gasteiger partial charge on any atom is 0.271 e. The predicted octanol–water partition coefficient (Wildman–Crippen LogP) is 2.04. The first kappa shape index (κ1) is 22.1. The van der Waals surface area contributed by atoms with Crippen LogP contribution in [0.3, 0.4) is 0 Å². The molecule has 3 heterocycles. The number of methoxy groups -OCH3 is 1. The van der Waals surface area contributed by atoms with Crippen LogP contribution in [-0.4, -0.2) is 67.2 Å². The third-order valence-corrected chi connectivity index (χ3v) is 6.12. The third-order valence-electron chi connectivity index (χ3n) is 6.12. The molecule has 8 nitrogen and oxygen atoms in total. The van der Waals surface area contributed by atoms with Crippen LogP contribution in [0.2, 0.25) is 0 Å². The highest BCUT2D eigenvalue weighted by molar-refractivity contribution is 5.88. The molecule has 1 aliphatic heterocycles. The summed E-state index contributed by atoms with van der Waals surface area (Å²) < 4.78 is 5.25. The van der Waals surface area contributed by atoms with Crippen molar-refractivity contribution in [1.29, 1.82) is 0 Å². The van der Waals surface area contributed by atoms with E-state index in [1.807, 2.05) is 36.2 Å². The summed E-state index contributed by atoms with van der Waals surface area (Å²) in [4.78, 5) is 36.6. The minimum absolute atomic E-state index is 0.0284. The van der Waals surface area contributed by atoms with Crippen LogP contribution in [0.5, 0.6) is 5.88 Å². The molecule has 32 heavy (non-hydrogen) atoms. The number of carbonyl (C=O) groups is 1. The summed E-state index contributed by atoms with van der Waals surface area (Å²) in [6.45, 7) is 2.84. The normalized spacial score (nSPS) is 18.3. The number of carbonyl (C=O) groups excluding carboxylic acids is 1. The lowest BCUT2D eigenvalue weighted by atomic mass is 10.1. The lowest BCUT2D eigenvalue weighted by molar-refractivity contribution is -0.125. The molecule has 1 saturated carbocycles. The highest BCUT2D eigenvalue weighted by Gasteiger charge is 2.34. The summed E-state index contributed by atoms with van der Waals surface area (Å²) in [5.74, 6) is 1.17. The van der Waals surface area contributed by atoms with Crippen molar-refractivity contribution in [2.75, 3.05) is 45.2 Å². The van der Waals surface area contributed by atoms with Gasteiger partial charge < -0.3 is 24.8 Å². The molecule has 2 fully saturated rings. The molecule has 2 aromatic rings. The second-order valence-corrected chi connectivity index (χ2v) is 8.47. The van der Waals surface area contributed by atoms with Crippen molar-refractivity contribution < 1.29 is 9.53 Å². The fourth-order valence-electron chi connectivity index (χ4n) is 4.15. The number of hydrogen-bond acceptors (Lipinski definition) is 6. The standard InChI is InChI=1S/C24H31N5O3/c1-25-9-3-4-23(30)28-11-8-20(16-28)29(15-17-5-6-17)21-12-19(14-27-24(21)31)18-7-10-26-22(13-18)32-2/h3-4,7,10,12-14,17,20,25H,5-6,8-9,11,15-16H2,1-2H3,(H,27,31)/t20-/m1/s1. The molecule has 1 atom stereocenters.